The van der Waals surface area contributed by atoms with Gasteiger partial charge in [0.25, 0.3) is 0 Å². The number of methoxy groups -OCH3 is 1. The fraction of sp³-hybridized carbons (Fsp3) is 0.579. The van der Waals surface area contributed by atoms with E-state index < -0.39 is 5.97 Å². The van der Waals surface area contributed by atoms with E-state index in [4.69, 9.17) is 10.5 Å². The zero-order chi connectivity index (χ0) is 18.3. The Balaban J connectivity index is 1.95. The van der Waals surface area contributed by atoms with E-state index in [1.807, 2.05) is 6.92 Å². The van der Waals surface area contributed by atoms with Crippen molar-refractivity contribution >= 4 is 17.6 Å². The molecule has 0 heterocycles. The van der Waals surface area contributed by atoms with Crippen molar-refractivity contribution in [2.24, 2.45) is 11.1 Å². The summed E-state index contributed by atoms with van der Waals surface area (Å²) in [5.74, 6) is 0.125. The Morgan fingerprint density at radius 1 is 1.24 bits per heavy atom. The lowest BCUT2D eigenvalue weighted by atomic mass is 9.71. The van der Waals surface area contributed by atoms with E-state index in [-0.39, 0.29) is 17.9 Å². The zero-order valence-corrected chi connectivity index (χ0v) is 15.1. The van der Waals surface area contributed by atoms with E-state index in [1.165, 1.54) is 13.5 Å². The lowest BCUT2D eigenvalue weighted by Crippen LogP contribution is -2.36. The van der Waals surface area contributed by atoms with Gasteiger partial charge in [-0.05, 0) is 55.5 Å². The number of amides is 1. The van der Waals surface area contributed by atoms with Gasteiger partial charge in [-0.25, -0.2) is 4.79 Å². The zero-order valence-electron chi connectivity index (χ0n) is 15.1. The fourth-order valence-corrected chi connectivity index (χ4v) is 3.36. The Kier molecular flexibility index (Phi) is 6.82. The number of nitrogens with one attached hydrogen (secondary N) is 1. The molecular formula is C19H28N2O4. The van der Waals surface area contributed by atoms with Crippen molar-refractivity contribution < 1.29 is 19.1 Å². The smallest absolute Gasteiger partial charge is 0.343 e. The van der Waals surface area contributed by atoms with Crippen LogP contribution in [0.2, 0.25) is 0 Å². The molecule has 0 saturated heterocycles. The first-order valence-corrected chi connectivity index (χ1v) is 8.78. The molecule has 2 rings (SSSR count). The standard InChI is InChI=1S/C19H28N2O4/c1-14-10-15(25-12-18(23)24-2)6-7-16(14)21-17(22)11-19(13-20)8-4-3-5-9-19/h6-7,10H,3-5,8-9,11-13,20H2,1-2H3,(H,21,22). The molecule has 3 N–H and O–H groups in total. The second-order valence-corrected chi connectivity index (χ2v) is 6.83. The van der Waals surface area contributed by atoms with Crippen LogP contribution in [0.25, 0.3) is 0 Å². The largest absolute Gasteiger partial charge is 0.482 e. The normalized spacial score (nSPS) is 16.1. The molecule has 0 atom stereocenters. The summed E-state index contributed by atoms with van der Waals surface area (Å²) < 4.78 is 9.89. The topological polar surface area (TPSA) is 90.6 Å². The number of rotatable bonds is 7. The number of esters is 1. The first-order chi connectivity index (χ1) is 12.0. The van der Waals surface area contributed by atoms with Gasteiger partial charge >= 0.3 is 5.97 Å². The lowest BCUT2D eigenvalue weighted by molar-refractivity contribution is -0.142. The minimum atomic E-state index is -0.436. The van der Waals surface area contributed by atoms with E-state index >= 15 is 0 Å². The molecule has 1 amide bonds. The van der Waals surface area contributed by atoms with E-state index in [0.717, 1.165) is 36.9 Å². The van der Waals surface area contributed by atoms with Crippen molar-refractivity contribution in [3.05, 3.63) is 23.8 Å². The lowest BCUT2D eigenvalue weighted by Gasteiger charge is -2.35. The molecule has 0 aromatic heterocycles. The summed E-state index contributed by atoms with van der Waals surface area (Å²) in [5, 5.41) is 2.98. The summed E-state index contributed by atoms with van der Waals surface area (Å²) >= 11 is 0. The van der Waals surface area contributed by atoms with Crippen LogP contribution in [0.4, 0.5) is 5.69 Å². The Bertz CT molecular complexity index is 609. The van der Waals surface area contributed by atoms with Gasteiger partial charge in [0.05, 0.1) is 7.11 Å². The Morgan fingerprint density at radius 2 is 1.96 bits per heavy atom. The summed E-state index contributed by atoms with van der Waals surface area (Å²) in [6, 6.07) is 5.30. The molecule has 1 aromatic rings. The summed E-state index contributed by atoms with van der Waals surface area (Å²) in [6.45, 7) is 2.31. The molecule has 0 spiro atoms. The van der Waals surface area contributed by atoms with Crippen LogP contribution in [0.3, 0.4) is 0 Å². The summed E-state index contributed by atoms with van der Waals surface area (Å²) in [5.41, 5.74) is 7.53. The Labute approximate surface area is 149 Å². The predicted octanol–water partition coefficient (Wildman–Crippen LogP) is 2.78. The first-order valence-electron chi connectivity index (χ1n) is 8.78. The van der Waals surface area contributed by atoms with Crippen LogP contribution in [0.15, 0.2) is 18.2 Å². The van der Waals surface area contributed by atoms with Crippen LogP contribution < -0.4 is 15.8 Å². The molecule has 138 valence electrons. The third-order valence-corrected chi connectivity index (χ3v) is 4.94. The maximum absolute atomic E-state index is 12.5. The maximum atomic E-state index is 12.5. The Hall–Kier alpha value is -2.08. The van der Waals surface area contributed by atoms with Gasteiger partial charge in [0.1, 0.15) is 5.75 Å². The number of hydrogen-bond acceptors (Lipinski definition) is 5. The second kappa shape index (κ2) is 8.85. The molecule has 0 aliphatic heterocycles. The SMILES string of the molecule is COC(=O)COc1ccc(NC(=O)CC2(CN)CCCCC2)c(C)c1. The van der Waals surface area contributed by atoms with Gasteiger partial charge in [0, 0.05) is 12.1 Å². The van der Waals surface area contributed by atoms with Gasteiger partial charge in [-0.1, -0.05) is 19.3 Å². The van der Waals surface area contributed by atoms with Gasteiger partial charge in [0.15, 0.2) is 6.61 Å². The number of anilines is 1. The summed E-state index contributed by atoms with van der Waals surface area (Å²) in [6.07, 6.45) is 6.04. The average Bonchev–Trinajstić information content (AvgIpc) is 2.62. The van der Waals surface area contributed by atoms with Crippen LogP contribution in [0, 0.1) is 12.3 Å². The second-order valence-electron chi connectivity index (χ2n) is 6.83. The van der Waals surface area contributed by atoms with Gasteiger partial charge in [-0.3, -0.25) is 4.79 Å². The number of benzene rings is 1. The monoisotopic (exact) mass is 348 g/mol. The molecular weight excluding hydrogens is 320 g/mol. The highest BCUT2D eigenvalue weighted by atomic mass is 16.6. The molecule has 6 heteroatoms. The third kappa shape index (κ3) is 5.46. The summed E-state index contributed by atoms with van der Waals surface area (Å²) in [4.78, 5) is 23.6. The van der Waals surface area contributed by atoms with Crippen LogP contribution in [0.1, 0.15) is 44.1 Å². The molecule has 6 nitrogen and oxygen atoms in total. The highest BCUT2D eigenvalue weighted by Gasteiger charge is 2.33. The van der Waals surface area contributed by atoms with E-state index in [2.05, 4.69) is 10.1 Å². The highest BCUT2D eigenvalue weighted by molar-refractivity contribution is 5.92. The molecule has 1 aliphatic rings. The quantitative estimate of drug-likeness (QED) is 0.740. The van der Waals surface area contributed by atoms with E-state index in [0.29, 0.717) is 18.7 Å². The molecule has 1 saturated carbocycles. The highest BCUT2D eigenvalue weighted by Crippen LogP contribution is 2.38. The minimum absolute atomic E-state index is 0.00122. The molecule has 0 unspecified atom stereocenters. The van der Waals surface area contributed by atoms with Gasteiger partial charge in [-0.15, -0.1) is 0 Å². The molecule has 0 bridgehead atoms. The van der Waals surface area contributed by atoms with Crippen LogP contribution in [-0.2, 0) is 14.3 Å². The van der Waals surface area contributed by atoms with Crippen molar-refractivity contribution in [3.63, 3.8) is 0 Å². The van der Waals surface area contributed by atoms with Crippen LogP contribution in [-0.4, -0.2) is 32.1 Å². The van der Waals surface area contributed by atoms with Crippen molar-refractivity contribution in [2.75, 3.05) is 25.6 Å². The predicted molar refractivity (Wildman–Crippen MR) is 96.5 cm³/mol. The first kappa shape index (κ1) is 19.2. The van der Waals surface area contributed by atoms with Crippen molar-refractivity contribution in [2.45, 2.75) is 45.4 Å². The van der Waals surface area contributed by atoms with Crippen molar-refractivity contribution in [1.29, 1.82) is 0 Å². The van der Waals surface area contributed by atoms with Crippen molar-refractivity contribution in [3.8, 4) is 5.75 Å². The fourth-order valence-electron chi connectivity index (χ4n) is 3.36. The number of carbonyl (C=O) groups excluding carboxylic acids is 2. The summed E-state index contributed by atoms with van der Waals surface area (Å²) in [7, 11) is 1.32. The van der Waals surface area contributed by atoms with Crippen LogP contribution >= 0.6 is 0 Å². The maximum Gasteiger partial charge on any atom is 0.343 e. The molecule has 1 fully saturated rings. The molecule has 25 heavy (non-hydrogen) atoms. The van der Waals surface area contributed by atoms with Gasteiger partial charge in [0.2, 0.25) is 5.91 Å². The third-order valence-electron chi connectivity index (χ3n) is 4.94. The minimum Gasteiger partial charge on any atom is -0.482 e. The van der Waals surface area contributed by atoms with Crippen molar-refractivity contribution in [1.82, 2.24) is 0 Å². The van der Waals surface area contributed by atoms with Crippen LogP contribution in [0.5, 0.6) is 5.75 Å². The number of ether oxygens (including phenoxy) is 2. The number of nitrogens with two attached hydrogens (primary N) is 1. The molecule has 0 radical (unpaired) electrons. The van der Waals surface area contributed by atoms with Gasteiger partial charge in [-0.2, -0.15) is 0 Å². The van der Waals surface area contributed by atoms with Gasteiger partial charge < -0.3 is 20.5 Å². The molecule has 1 aromatic carbocycles. The number of carbonyl (C=O) groups is 2. The number of aryl methyl sites for hydroxylation is 1. The average molecular weight is 348 g/mol. The van der Waals surface area contributed by atoms with E-state index in [9.17, 15) is 9.59 Å². The number of hydrogen-bond donors (Lipinski definition) is 2. The Morgan fingerprint density at radius 3 is 2.56 bits per heavy atom. The molecule has 1 aliphatic carbocycles. The van der Waals surface area contributed by atoms with E-state index in [1.54, 1.807) is 18.2 Å².